The van der Waals surface area contributed by atoms with Crippen LogP contribution in [0.5, 0.6) is 11.5 Å². The van der Waals surface area contributed by atoms with Crippen molar-refractivity contribution in [1.29, 1.82) is 0 Å². The van der Waals surface area contributed by atoms with E-state index in [9.17, 15) is 9.59 Å². The van der Waals surface area contributed by atoms with Crippen molar-refractivity contribution in [1.82, 2.24) is 4.57 Å². The number of carbonyl (C=O) groups excluding carboxylic acids is 2. The number of benzene rings is 1. The Bertz CT molecular complexity index is 920. The Kier molecular flexibility index (Phi) is 6.82. The summed E-state index contributed by atoms with van der Waals surface area (Å²) in [5.41, 5.74) is 2.50. The van der Waals surface area contributed by atoms with Crippen LogP contribution in [0.1, 0.15) is 38.5 Å². The number of halogens is 1. The van der Waals surface area contributed by atoms with E-state index in [0.717, 1.165) is 17.8 Å². The highest BCUT2D eigenvalue weighted by atomic mass is 35.5. The van der Waals surface area contributed by atoms with Crippen LogP contribution in [-0.2, 0) is 16.0 Å². The first-order valence-corrected chi connectivity index (χ1v) is 9.75. The number of ether oxygens (including phenoxy) is 4. The van der Waals surface area contributed by atoms with Crippen molar-refractivity contribution < 1.29 is 28.5 Å². The smallest absolute Gasteiger partial charge is 0.338 e. The SMILES string of the molecule is COCCn1c(C)cc(C(=O)COC(=O)c2cc(Cl)c3c(c2)OCCCO3)c1C. The molecule has 0 saturated heterocycles. The van der Waals surface area contributed by atoms with Gasteiger partial charge in [-0.2, -0.15) is 0 Å². The first-order valence-electron chi connectivity index (χ1n) is 9.37. The summed E-state index contributed by atoms with van der Waals surface area (Å²) in [5.74, 6) is -0.102. The average molecular weight is 422 g/mol. The quantitative estimate of drug-likeness (QED) is 0.502. The molecule has 3 rings (SSSR count). The van der Waals surface area contributed by atoms with Crippen molar-refractivity contribution in [2.45, 2.75) is 26.8 Å². The predicted molar refractivity (Wildman–Crippen MR) is 107 cm³/mol. The summed E-state index contributed by atoms with van der Waals surface area (Å²) in [5, 5.41) is 0.268. The lowest BCUT2D eigenvalue weighted by Crippen LogP contribution is -2.15. The summed E-state index contributed by atoms with van der Waals surface area (Å²) in [6, 6.07) is 4.78. The molecule has 2 aromatic rings. The van der Waals surface area contributed by atoms with Crippen LogP contribution >= 0.6 is 11.6 Å². The van der Waals surface area contributed by atoms with E-state index in [1.165, 1.54) is 12.1 Å². The molecule has 0 N–H and O–H groups in total. The monoisotopic (exact) mass is 421 g/mol. The van der Waals surface area contributed by atoms with Crippen molar-refractivity contribution in [3.05, 3.63) is 45.7 Å². The molecule has 1 aromatic heterocycles. The summed E-state index contributed by atoms with van der Waals surface area (Å²) >= 11 is 6.21. The molecule has 156 valence electrons. The van der Waals surface area contributed by atoms with Gasteiger partial charge < -0.3 is 23.5 Å². The lowest BCUT2D eigenvalue weighted by atomic mass is 10.1. The van der Waals surface area contributed by atoms with E-state index in [-0.39, 0.29) is 23.0 Å². The first-order chi connectivity index (χ1) is 13.9. The van der Waals surface area contributed by atoms with Gasteiger partial charge >= 0.3 is 5.97 Å². The molecule has 8 heteroatoms. The zero-order valence-corrected chi connectivity index (χ0v) is 17.5. The van der Waals surface area contributed by atoms with Gasteiger partial charge in [0.1, 0.15) is 0 Å². The molecule has 7 nitrogen and oxygen atoms in total. The number of hydrogen-bond acceptors (Lipinski definition) is 6. The van der Waals surface area contributed by atoms with Crippen molar-refractivity contribution >= 4 is 23.4 Å². The number of rotatable bonds is 7. The third-order valence-electron chi connectivity index (χ3n) is 4.77. The Hall–Kier alpha value is -2.51. The van der Waals surface area contributed by atoms with Gasteiger partial charge in [-0.25, -0.2) is 4.79 Å². The molecule has 0 bridgehead atoms. The molecule has 0 radical (unpaired) electrons. The Morgan fingerprint density at radius 2 is 1.93 bits per heavy atom. The Morgan fingerprint density at radius 3 is 2.69 bits per heavy atom. The van der Waals surface area contributed by atoms with E-state index in [2.05, 4.69) is 0 Å². The highest BCUT2D eigenvalue weighted by Gasteiger charge is 2.21. The molecule has 0 aliphatic carbocycles. The van der Waals surface area contributed by atoms with E-state index >= 15 is 0 Å². The molecule has 0 unspecified atom stereocenters. The second-order valence-corrected chi connectivity index (χ2v) is 7.17. The maximum atomic E-state index is 12.6. The molecule has 2 heterocycles. The largest absolute Gasteiger partial charge is 0.489 e. The maximum absolute atomic E-state index is 12.6. The number of aryl methyl sites for hydroxylation is 1. The summed E-state index contributed by atoms with van der Waals surface area (Å²) in [6.45, 7) is 5.58. The van der Waals surface area contributed by atoms with Crippen molar-refractivity contribution in [3.63, 3.8) is 0 Å². The molecule has 1 aliphatic heterocycles. The summed E-state index contributed by atoms with van der Waals surface area (Å²) in [7, 11) is 1.63. The number of fused-ring (bicyclic) bond motifs is 1. The number of nitrogens with zero attached hydrogens (tertiary/aromatic N) is 1. The van der Waals surface area contributed by atoms with Gasteiger partial charge in [0, 0.05) is 37.0 Å². The zero-order chi connectivity index (χ0) is 21.0. The standard InChI is InChI=1S/C21H24ClNO6/c1-13-9-16(14(2)23(13)5-8-26-3)18(24)12-29-21(25)15-10-17(22)20-19(11-15)27-6-4-7-28-20/h9-11H,4-8,12H2,1-3H3. The summed E-state index contributed by atoms with van der Waals surface area (Å²) < 4.78 is 23.5. The molecular weight excluding hydrogens is 398 g/mol. The average Bonchev–Trinajstić information content (AvgIpc) is 2.87. The second kappa shape index (κ2) is 9.33. The lowest BCUT2D eigenvalue weighted by molar-refractivity contribution is 0.0474. The molecule has 0 amide bonds. The molecule has 1 aromatic carbocycles. The fourth-order valence-electron chi connectivity index (χ4n) is 3.25. The number of ketones is 1. The number of methoxy groups -OCH3 is 1. The van der Waals surface area contributed by atoms with E-state index in [1.54, 1.807) is 13.2 Å². The Balaban J connectivity index is 1.69. The topological polar surface area (TPSA) is 76.0 Å². The van der Waals surface area contributed by atoms with Crippen molar-refractivity contribution in [2.24, 2.45) is 0 Å². The lowest BCUT2D eigenvalue weighted by Gasteiger charge is -2.11. The molecule has 29 heavy (non-hydrogen) atoms. The fraction of sp³-hybridized carbons (Fsp3) is 0.429. The molecule has 0 spiro atoms. The second-order valence-electron chi connectivity index (χ2n) is 6.76. The zero-order valence-electron chi connectivity index (χ0n) is 16.7. The van der Waals surface area contributed by atoms with Gasteiger partial charge in [0.25, 0.3) is 0 Å². The van der Waals surface area contributed by atoms with E-state index in [1.807, 2.05) is 18.4 Å². The molecular formula is C21H24ClNO6. The van der Waals surface area contributed by atoms with Gasteiger partial charge in [-0.1, -0.05) is 11.6 Å². The normalized spacial score (nSPS) is 13.1. The number of aromatic nitrogens is 1. The summed E-state index contributed by atoms with van der Waals surface area (Å²) in [6.07, 6.45) is 0.724. The summed E-state index contributed by atoms with van der Waals surface area (Å²) in [4.78, 5) is 25.0. The number of carbonyl (C=O) groups is 2. The first kappa shape index (κ1) is 21.2. The number of esters is 1. The van der Waals surface area contributed by atoms with E-state index < -0.39 is 5.97 Å². The van der Waals surface area contributed by atoms with Gasteiger partial charge in [-0.05, 0) is 32.0 Å². The minimum absolute atomic E-state index is 0.206. The van der Waals surface area contributed by atoms with Crippen molar-refractivity contribution in [3.8, 4) is 11.5 Å². The Morgan fingerprint density at radius 1 is 1.17 bits per heavy atom. The number of Topliss-reactive ketones (excluding diaryl/α,β-unsaturated/α-hetero) is 1. The molecule has 0 fully saturated rings. The van der Waals surface area contributed by atoms with Gasteiger partial charge in [-0.15, -0.1) is 0 Å². The fourth-order valence-corrected chi connectivity index (χ4v) is 3.52. The van der Waals surface area contributed by atoms with Crippen LogP contribution in [0.15, 0.2) is 18.2 Å². The van der Waals surface area contributed by atoms with Crippen LogP contribution < -0.4 is 9.47 Å². The highest BCUT2D eigenvalue weighted by Crippen LogP contribution is 2.38. The van der Waals surface area contributed by atoms with Gasteiger partial charge in [0.05, 0.1) is 30.4 Å². The van der Waals surface area contributed by atoms with Crippen molar-refractivity contribution in [2.75, 3.05) is 33.5 Å². The van der Waals surface area contributed by atoms with Gasteiger partial charge in [-0.3, -0.25) is 4.79 Å². The van der Waals surface area contributed by atoms with E-state index in [4.69, 9.17) is 30.5 Å². The van der Waals surface area contributed by atoms with Gasteiger partial charge in [0.15, 0.2) is 18.1 Å². The Labute approximate surface area is 174 Å². The molecule has 0 saturated carbocycles. The van der Waals surface area contributed by atoms with Crippen LogP contribution in [-0.4, -0.2) is 49.9 Å². The maximum Gasteiger partial charge on any atom is 0.338 e. The van der Waals surface area contributed by atoms with Gasteiger partial charge in [0.2, 0.25) is 5.78 Å². The minimum Gasteiger partial charge on any atom is -0.489 e. The molecule has 0 atom stereocenters. The third-order valence-corrected chi connectivity index (χ3v) is 5.05. The van der Waals surface area contributed by atoms with Crippen LogP contribution in [0.3, 0.4) is 0 Å². The highest BCUT2D eigenvalue weighted by molar-refractivity contribution is 6.32. The minimum atomic E-state index is -0.649. The molecule has 1 aliphatic rings. The van der Waals surface area contributed by atoms with Crippen LogP contribution in [0.2, 0.25) is 5.02 Å². The van der Waals surface area contributed by atoms with Crippen LogP contribution in [0.4, 0.5) is 0 Å². The number of hydrogen-bond donors (Lipinski definition) is 0. The predicted octanol–water partition coefficient (Wildman–Crippen LogP) is 3.61. The van der Waals surface area contributed by atoms with Crippen LogP contribution in [0, 0.1) is 13.8 Å². The third kappa shape index (κ3) is 4.74. The van der Waals surface area contributed by atoms with Crippen LogP contribution in [0.25, 0.3) is 0 Å². The van der Waals surface area contributed by atoms with E-state index in [0.29, 0.717) is 43.4 Å².